The Morgan fingerprint density at radius 3 is 2.85 bits per heavy atom. The van der Waals surface area contributed by atoms with Gasteiger partial charge in [-0.1, -0.05) is 26.2 Å². The van der Waals surface area contributed by atoms with E-state index >= 15 is 0 Å². The Bertz CT molecular complexity index is 416. The highest BCUT2D eigenvalue weighted by atomic mass is 16.5. The number of ketones is 1. The number of carbonyl (C=O) groups excluding carboxylic acids is 1. The van der Waals surface area contributed by atoms with Crippen molar-refractivity contribution < 1.29 is 9.53 Å². The number of aromatic nitrogens is 2. The minimum Gasteiger partial charge on any atom is -0.371 e. The summed E-state index contributed by atoms with van der Waals surface area (Å²) in [5.74, 6) is 0.158. The van der Waals surface area contributed by atoms with Crippen LogP contribution in [0.15, 0.2) is 12.3 Å². The molecule has 1 aliphatic carbocycles. The summed E-state index contributed by atoms with van der Waals surface area (Å²) >= 11 is 0. The highest BCUT2D eigenvalue weighted by molar-refractivity contribution is 5.84. The summed E-state index contributed by atoms with van der Waals surface area (Å²) in [7, 11) is 0. The number of carbonyl (C=O) groups is 1. The highest BCUT2D eigenvalue weighted by Gasteiger charge is 2.21. The lowest BCUT2D eigenvalue weighted by Crippen LogP contribution is -2.26. The van der Waals surface area contributed by atoms with Crippen LogP contribution in [0.5, 0.6) is 0 Å². The minimum absolute atomic E-state index is 0.158. The van der Waals surface area contributed by atoms with Crippen molar-refractivity contribution in [3.05, 3.63) is 18.0 Å². The molecule has 0 amide bonds. The van der Waals surface area contributed by atoms with E-state index < -0.39 is 0 Å². The van der Waals surface area contributed by atoms with Crippen molar-refractivity contribution in [1.82, 2.24) is 9.78 Å². The largest absolute Gasteiger partial charge is 0.371 e. The van der Waals surface area contributed by atoms with Gasteiger partial charge in [-0.2, -0.15) is 5.10 Å². The van der Waals surface area contributed by atoms with E-state index in [9.17, 15) is 4.79 Å². The van der Waals surface area contributed by atoms with Crippen molar-refractivity contribution in [2.75, 3.05) is 6.61 Å². The average molecular weight is 278 g/mol. The van der Waals surface area contributed by atoms with Crippen molar-refractivity contribution in [2.24, 2.45) is 0 Å². The molecule has 0 aliphatic heterocycles. The molecule has 1 heterocycles. The zero-order chi connectivity index (χ0) is 14.4. The fourth-order valence-electron chi connectivity index (χ4n) is 2.94. The van der Waals surface area contributed by atoms with Crippen LogP contribution in [-0.4, -0.2) is 28.3 Å². The second-order valence-corrected chi connectivity index (χ2v) is 5.60. The van der Waals surface area contributed by atoms with Gasteiger partial charge in [-0.15, -0.1) is 0 Å². The maximum atomic E-state index is 12.2. The second kappa shape index (κ2) is 7.58. The van der Waals surface area contributed by atoms with E-state index in [2.05, 4.69) is 12.0 Å². The Morgan fingerprint density at radius 1 is 1.45 bits per heavy atom. The van der Waals surface area contributed by atoms with Crippen LogP contribution in [0.4, 0.5) is 0 Å². The maximum Gasteiger partial charge on any atom is 0.167 e. The molecule has 1 unspecified atom stereocenters. The third-order valence-corrected chi connectivity index (χ3v) is 4.00. The molecule has 1 fully saturated rings. The lowest BCUT2D eigenvalue weighted by molar-refractivity contribution is -0.130. The van der Waals surface area contributed by atoms with Crippen molar-refractivity contribution in [2.45, 2.75) is 70.9 Å². The van der Waals surface area contributed by atoms with Crippen LogP contribution >= 0.6 is 0 Å². The molecule has 0 radical (unpaired) electrons. The summed E-state index contributed by atoms with van der Waals surface area (Å²) in [4.78, 5) is 12.2. The third-order valence-electron chi connectivity index (χ3n) is 4.00. The standard InChI is InChI=1S/C16H26N2O2/c1-3-7-16(20-4-2)15(19)12-13-10-11-18(17-13)14-8-5-6-9-14/h10-11,14,16H,3-9,12H2,1-2H3. The molecule has 0 bridgehead atoms. The number of Topliss-reactive ketones (excluding diaryl/α,β-unsaturated/α-hetero) is 1. The smallest absolute Gasteiger partial charge is 0.167 e. The molecule has 112 valence electrons. The monoisotopic (exact) mass is 278 g/mol. The van der Waals surface area contributed by atoms with E-state index in [1.165, 1.54) is 25.7 Å². The first-order valence-electron chi connectivity index (χ1n) is 7.93. The molecular formula is C16H26N2O2. The van der Waals surface area contributed by atoms with E-state index in [1.807, 2.05) is 23.9 Å². The lowest BCUT2D eigenvalue weighted by atomic mass is 10.1. The van der Waals surface area contributed by atoms with Crippen LogP contribution in [0.1, 0.15) is 64.1 Å². The van der Waals surface area contributed by atoms with Crippen molar-refractivity contribution in [3.8, 4) is 0 Å². The van der Waals surface area contributed by atoms with E-state index in [1.54, 1.807) is 0 Å². The number of hydrogen-bond acceptors (Lipinski definition) is 3. The fourth-order valence-corrected chi connectivity index (χ4v) is 2.94. The first-order valence-corrected chi connectivity index (χ1v) is 7.93. The number of ether oxygens (including phenoxy) is 1. The first-order chi connectivity index (χ1) is 9.74. The molecule has 2 rings (SSSR count). The molecular weight excluding hydrogens is 252 g/mol. The summed E-state index contributed by atoms with van der Waals surface area (Å²) < 4.78 is 7.59. The van der Waals surface area contributed by atoms with Crippen molar-refractivity contribution >= 4 is 5.78 Å². The Kier molecular flexibility index (Phi) is 5.77. The SMILES string of the molecule is CCCC(OCC)C(=O)Cc1ccn(C2CCCC2)n1. The van der Waals surface area contributed by atoms with Crippen LogP contribution in [0.3, 0.4) is 0 Å². The van der Waals surface area contributed by atoms with Crippen LogP contribution in [0.2, 0.25) is 0 Å². The van der Waals surface area contributed by atoms with Gasteiger partial charge in [0.1, 0.15) is 6.10 Å². The molecule has 0 saturated heterocycles. The summed E-state index contributed by atoms with van der Waals surface area (Å²) in [5.41, 5.74) is 0.878. The molecule has 1 aliphatic rings. The maximum absolute atomic E-state index is 12.2. The van der Waals surface area contributed by atoms with Gasteiger partial charge in [-0.3, -0.25) is 9.48 Å². The van der Waals surface area contributed by atoms with Gasteiger partial charge in [-0.25, -0.2) is 0 Å². The van der Waals surface area contributed by atoms with E-state index in [0.29, 0.717) is 19.1 Å². The normalized spacial score (nSPS) is 17.5. The molecule has 4 nitrogen and oxygen atoms in total. The van der Waals surface area contributed by atoms with Gasteiger partial charge in [-0.05, 0) is 32.3 Å². The number of nitrogens with zero attached hydrogens (tertiary/aromatic N) is 2. The third kappa shape index (κ3) is 3.92. The average Bonchev–Trinajstić information content (AvgIpc) is 3.08. The first kappa shape index (κ1) is 15.2. The summed E-state index contributed by atoms with van der Waals surface area (Å²) in [6.07, 6.45) is 8.94. The minimum atomic E-state index is -0.262. The molecule has 0 N–H and O–H groups in total. The molecule has 0 spiro atoms. The lowest BCUT2D eigenvalue weighted by Gasteiger charge is -2.14. The van der Waals surface area contributed by atoms with E-state index in [4.69, 9.17) is 4.74 Å². The summed E-state index contributed by atoms with van der Waals surface area (Å²) in [6, 6.07) is 2.52. The molecule has 1 atom stereocenters. The van der Waals surface area contributed by atoms with Crippen molar-refractivity contribution in [1.29, 1.82) is 0 Å². The van der Waals surface area contributed by atoms with Gasteiger partial charge in [0.15, 0.2) is 5.78 Å². The molecule has 0 aromatic carbocycles. The van der Waals surface area contributed by atoms with Gasteiger partial charge in [0.25, 0.3) is 0 Å². The second-order valence-electron chi connectivity index (χ2n) is 5.60. The predicted octanol–water partition coefficient (Wildman–Crippen LogP) is 3.32. The fraction of sp³-hybridized carbons (Fsp3) is 0.750. The topological polar surface area (TPSA) is 44.1 Å². The summed E-state index contributed by atoms with van der Waals surface area (Å²) in [6.45, 7) is 4.60. The Balaban J connectivity index is 1.92. The van der Waals surface area contributed by atoms with Crippen molar-refractivity contribution in [3.63, 3.8) is 0 Å². The summed E-state index contributed by atoms with van der Waals surface area (Å²) in [5, 5.41) is 4.58. The predicted molar refractivity (Wildman–Crippen MR) is 78.8 cm³/mol. The Hall–Kier alpha value is -1.16. The molecule has 1 aromatic rings. The van der Waals surface area contributed by atoms with Crippen LogP contribution in [0, 0.1) is 0 Å². The molecule has 4 heteroatoms. The highest BCUT2D eigenvalue weighted by Crippen LogP contribution is 2.28. The van der Waals surface area contributed by atoms with Gasteiger partial charge >= 0.3 is 0 Å². The molecule has 1 saturated carbocycles. The van der Waals surface area contributed by atoms with Crippen LogP contribution in [-0.2, 0) is 16.0 Å². The number of rotatable bonds is 8. The van der Waals surface area contributed by atoms with Crippen LogP contribution < -0.4 is 0 Å². The van der Waals surface area contributed by atoms with Gasteiger partial charge in [0.05, 0.1) is 18.2 Å². The quantitative estimate of drug-likeness (QED) is 0.732. The van der Waals surface area contributed by atoms with Gasteiger partial charge in [0, 0.05) is 12.8 Å². The molecule has 20 heavy (non-hydrogen) atoms. The number of hydrogen-bond donors (Lipinski definition) is 0. The zero-order valence-corrected chi connectivity index (χ0v) is 12.7. The van der Waals surface area contributed by atoms with Gasteiger partial charge in [0.2, 0.25) is 0 Å². The zero-order valence-electron chi connectivity index (χ0n) is 12.7. The Labute approximate surface area is 121 Å². The molecule has 1 aromatic heterocycles. The van der Waals surface area contributed by atoms with E-state index in [0.717, 1.165) is 18.5 Å². The van der Waals surface area contributed by atoms with E-state index in [-0.39, 0.29) is 11.9 Å². The Morgan fingerprint density at radius 2 is 2.20 bits per heavy atom. The van der Waals surface area contributed by atoms with Gasteiger partial charge < -0.3 is 4.74 Å². The van der Waals surface area contributed by atoms with Crippen LogP contribution in [0.25, 0.3) is 0 Å².